The molecule has 3 heterocycles. The summed E-state index contributed by atoms with van der Waals surface area (Å²) in [5.74, 6) is -2.55. The molecule has 4 fully saturated rings. The number of nitrogens with one attached hydrogen (secondary N) is 1. The molecule has 7 rings (SSSR count). The molecule has 3 aromatic carbocycles. The average molecular weight is 640 g/mol. The standard InChI is InChI=1S/C36H37N3O8/c1-38(2)28(41)18-17-23-11-9-10-12-24(23)22-39-31-33(42)44-27-21-35(31,34(43)37-19-20-40)32(47-39)30-29(27)45-36(46-30,25-13-5-3-6-14-25)26-15-7-4-8-16-26/h3-18,27,29-32,40H,19-22H2,1-2H3,(H,37,43)/t27-,29+,30+,31+,32-,35+/m1/s1. The van der Waals surface area contributed by atoms with E-state index in [-0.39, 0.29) is 32.0 Å². The Morgan fingerprint density at radius 2 is 1.60 bits per heavy atom. The monoisotopic (exact) mass is 639 g/mol. The maximum atomic E-state index is 14.2. The molecule has 11 nitrogen and oxygen atoms in total. The van der Waals surface area contributed by atoms with Crippen molar-refractivity contribution in [1.82, 2.24) is 15.3 Å². The van der Waals surface area contributed by atoms with E-state index in [0.29, 0.717) is 0 Å². The van der Waals surface area contributed by atoms with Crippen molar-refractivity contribution in [2.75, 3.05) is 27.2 Å². The zero-order chi connectivity index (χ0) is 32.8. The van der Waals surface area contributed by atoms with Gasteiger partial charge in [0, 0.05) is 44.3 Å². The van der Waals surface area contributed by atoms with Crippen LogP contribution in [0.5, 0.6) is 0 Å². The van der Waals surface area contributed by atoms with Crippen LogP contribution in [0.1, 0.15) is 28.7 Å². The first-order valence-corrected chi connectivity index (χ1v) is 15.8. The summed E-state index contributed by atoms with van der Waals surface area (Å²) in [6.45, 7) is -0.137. The van der Waals surface area contributed by atoms with Gasteiger partial charge in [-0.05, 0) is 17.2 Å². The van der Waals surface area contributed by atoms with Crippen molar-refractivity contribution >= 4 is 23.9 Å². The lowest BCUT2D eigenvalue weighted by Crippen LogP contribution is -2.69. The van der Waals surface area contributed by atoms with Gasteiger partial charge in [0.1, 0.15) is 29.8 Å². The number of hydrogen-bond acceptors (Lipinski definition) is 9. The van der Waals surface area contributed by atoms with Gasteiger partial charge in [-0.15, -0.1) is 0 Å². The largest absolute Gasteiger partial charge is 0.458 e. The lowest BCUT2D eigenvalue weighted by molar-refractivity contribution is -0.213. The minimum atomic E-state index is -1.39. The molecule has 0 aromatic heterocycles. The molecule has 1 saturated carbocycles. The predicted octanol–water partition coefficient (Wildman–Crippen LogP) is 2.38. The van der Waals surface area contributed by atoms with Crippen molar-refractivity contribution in [2.45, 2.75) is 49.2 Å². The molecule has 3 aromatic rings. The van der Waals surface area contributed by atoms with Gasteiger partial charge in [-0.1, -0.05) is 84.9 Å². The lowest BCUT2D eigenvalue weighted by Gasteiger charge is -2.48. The fourth-order valence-corrected chi connectivity index (χ4v) is 7.34. The Labute approximate surface area is 272 Å². The van der Waals surface area contributed by atoms with E-state index < -0.39 is 53.5 Å². The third-order valence-electron chi connectivity index (χ3n) is 9.51. The number of fused-ring (bicyclic) bond motifs is 4. The number of ether oxygens (including phenoxy) is 3. The Morgan fingerprint density at radius 3 is 2.26 bits per heavy atom. The van der Waals surface area contributed by atoms with Crippen LogP contribution < -0.4 is 5.32 Å². The van der Waals surface area contributed by atoms with Crippen LogP contribution in [0.25, 0.3) is 6.08 Å². The van der Waals surface area contributed by atoms with Crippen LogP contribution in [0.4, 0.5) is 0 Å². The van der Waals surface area contributed by atoms with Gasteiger partial charge in [-0.25, -0.2) is 0 Å². The van der Waals surface area contributed by atoms with Gasteiger partial charge in [-0.2, -0.15) is 5.06 Å². The summed E-state index contributed by atoms with van der Waals surface area (Å²) in [7, 11) is 3.35. The highest BCUT2D eigenvalue weighted by atomic mass is 16.8. The molecule has 2 amide bonds. The molecule has 0 unspecified atom stereocenters. The number of aliphatic hydroxyl groups is 1. The average Bonchev–Trinajstić information content (AvgIpc) is 3.67. The van der Waals surface area contributed by atoms with Crippen LogP contribution in [0.2, 0.25) is 0 Å². The number of carbonyl (C=O) groups is 3. The summed E-state index contributed by atoms with van der Waals surface area (Å²) in [5, 5.41) is 13.9. The molecule has 11 heteroatoms. The van der Waals surface area contributed by atoms with Crippen molar-refractivity contribution in [1.29, 1.82) is 0 Å². The lowest BCUT2D eigenvalue weighted by atomic mass is 9.62. The first-order valence-electron chi connectivity index (χ1n) is 15.8. The van der Waals surface area contributed by atoms with E-state index >= 15 is 0 Å². The van der Waals surface area contributed by atoms with Gasteiger partial charge in [0.25, 0.3) is 0 Å². The zero-order valence-corrected chi connectivity index (χ0v) is 26.2. The van der Waals surface area contributed by atoms with E-state index in [4.69, 9.17) is 19.0 Å². The predicted molar refractivity (Wildman–Crippen MR) is 169 cm³/mol. The zero-order valence-electron chi connectivity index (χ0n) is 26.2. The molecule has 244 valence electrons. The molecule has 0 spiro atoms. The van der Waals surface area contributed by atoms with E-state index in [1.807, 2.05) is 84.9 Å². The SMILES string of the molecule is CN(C)C(=O)C=Cc1ccccc1CN1O[C@@H]2[C@H]3OC(c4ccccc4)(c4ccccc4)O[C@H]3[C@H]3C[C@]2(C(=O)NCCO)[C@@H]1C(=O)O3. The minimum Gasteiger partial charge on any atom is -0.458 e. The molecule has 3 aliphatic heterocycles. The molecule has 47 heavy (non-hydrogen) atoms. The molecule has 1 aliphatic carbocycles. The maximum Gasteiger partial charge on any atom is 0.327 e. The molecule has 2 N–H and O–H groups in total. The number of nitrogens with zero attached hydrogens (tertiary/aromatic N) is 2. The maximum absolute atomic E-state index is 14.2. The number of hydrogen-bond donors (Lipinski definition) is 2. The molecule has 6 atom stereocenters. The summed E-state index contributed by atoms with van der Waals surface area (Å²) in [6, 6.07) is 25.5. The number of benzene rings is 3. The van der Waals surface area contributed by atoms with Gasteiger partial charge in [0.2, 0.25) is 17.6 Å². The van der Waals surface area contributed by atoms with Crippen LogP contribution in [0.15, 0.2) is 91.0 Å². The quantitative estimate of drug-likeness (QED) is 0.268. The second-order valence-corrected chi connectivity index (χ2v) is 12.5. The Kier molecular flexibility index (Phi) is 8.19. The molecular formula is C36H37N3O8. The van der Waals surface area contributed by atoms with Crippen molar-refractivity contribution in [3.05, 3.63) is 113 Å². The smallest absolute Gasteiger partial charge is 0.327 e. The van der Waals surface area contributed by atoms with Gasteiger partial charge in [0.05, 0.1) is 13.2 Å². The fourth-order valence-electron chi connectivity index (χ4n) is 7.34. The van der Waals surface area contributed by atoms with Crippen LogP contribution >= 0.6 is 0 Å². The third-order valence-corrected chi connectivity index (χ3v) is 9.51. The van der Waals surface area contributed by atoms with Crippen molar-refractivity contribution in [2.24, 2.45) is 5.41 Å². The van der Waals surface area contributed by atoms with Crippen molar-refractivity contribution in [3.63, 3.8) is 0 Å². The van der Waals surface area contributed by atoms with E-state index in [0.717, 1.165) is 22.3 Å². The Morgan fingerprint density at radius 1 is 0.957 bits per heavy atom. The van der Waals surface area contributed by atoms with Crippen LogP contribution in [-0.2, 0) is 45.8 Å². The number of esters is 1. The van der Waals surface area contributed by atoms with E-state index in [1.165, 1.54) is 16.0 Å². The molecule has 3 saturated heterocycles. The summed E-state index contributed by atoms with van der Waals surface area (Å²) in [4.78, 5) is 48.6. The number of amides is 2. The van der Waals surface area contributed by atoms with Gasteiger partial charge >= 0.3 is 5.97 Å². The number of aliphatic hydroxyl groups excluding tert-OH is 1. The summed E-state index contributed by atoms with van der Waals surface area (Å²) in [6.07, 6.45) is 0.0904. The first kappa shape index (κ1) is 31.2. The Balaban J connectivity index is 1.30. The Bertz CT molecular complexity index is 1640. The topological polar surface area (TPSA) is 127 Å². The van der Waals surface area contributed by atoms with Crippen LogP contribution in [0.3, 0.4) is 0 Å². The highest BCUT2D eigenvalue weighted by Gasteiger charge is 2.76. The van der Waals surface area contributed by atoms with Crippen molar-refractivity contribution in [3.8, 4) is 0 Å². The normalized spacial score (nSPS) is 28.9. The summed E-state index contributed by atoms with van der Waals surface area (Å²) >= 11 is 0. The second-order valence-electron chi connectivity index (χ2n) is 12.5. The second kappa shape index (κ2) is 12.3. The fraction of sp³-hybridized carbons (Fsp3) is 0.361. The summed E-state index contributed by atoms with van der Waals surface area (Å²) < 4.78 is 19.9. The highest BCUT2D eigenvalue weighted by Crippen LogP contribution is 2.59. The van der Waals surface area contributed by atoms with Crippen LogP contribution in [0, 0.1) is 5.41 Å². The van der Waals surface area contributed by atoms with Gasteiger partial charge in [-0.3, -0.25) is 19.2 Å². The van der Waals surface area contributed by atoms with E-state index in [9.17, 15) is 19.5 Å². The first-order chi connectivity index (χ1) is 22.8. The number of carbonyl (C=O) groups excluding carboxylic acids is 3. The molecule has 2 bridgehead atoms. The third kappa shape index (κ3) is 5.15. The molecule has 0 radical (unpaired) electrons. The van der Waals surface area contributed by atoms with Crippen LogP contribution in [-0.4, -0.2) is 90.6 Å². The molecular weight excluding hydrogens is 602 g/mol. The van der Waals surface area contributed by atoms with E-state index in [1.54, 1.807) is 20.2 Å². The van der Waals surface area contributed by atoms with E-state index in [2.05, 4.69) is 5.32 Å². The molecule has 4 aliphatic rings. The summed E-state index contributed by atoms with van der Waals surface area (Å²) in [5.41, 5.74) is 1.64. The number of hydroxylamine groups is 2. The van der Waals surface area contributed by atoms with Crippen molar-refractivity contribution < 1.29 is 38.5 Å². The highest BCUT2D eigenvalue weighted by molar-refractivity contribution is 5.94. The number of likely N-dealkylation sites (N-methyl/N-ethyl adjacent to an activating group) is 1. The van der Waals surface area contributed by atoms with Gasteiger partial charge in [0.15, 0.2) is 6.04 Å². The Hall–Kier alpha value is -4.39. The minimum absolute atomic E-state index is 0.0106. The van der Waals surface area contributed by atoms with Gasteiger partial charge < -0.3 is 29.5 Å². The number of rotatable bonds is 9.